The van der Waals surface area contributed by atoms with Crippen molar-refractivity contribution < 1.29 is 13.2 Å². The van der Waals surface area contributed by atoms with E-state index in [1.807, 2.05) is 6.08 Å². The fourth-order valence-electron chi connectivity index (χ4n) is 2.07. The molecule has 0 spiro atoms. The van der Waals surface area contributed by atoms with Crippen molar-refractivity contribution in [2.75, 3.05) is 39.1 Å². The molecule has 0 atom stereocenters. The van der Waals surface area contributed by atoms with Gasteiger partial charge in [0.25, 0.3) is 0 Å². The third kappa shape index (κ3) is 4.05. The standard InChI is InChI=1S/C12H22N2O3S/c1-17-10-11-4-7-14(8-5-11)18(15,16)9-6-13-12-2-3-12/h4,12-13H,2-3,5-10H2,1H3. The molecule has 1 fully saturated rings. The minimum absolute atomic E-state index is 0.205. The largest absolute Gasteiger partial charge is 0.380 e. The van der Waals surface area contributed by atoms with E-state index in [1.165, 1.54) is 18.4 Å². The van der Waals surface area contributed by atoms with Crippen LogP contribution < -0.4 is 5.32 Å². The molecule has 1 aliphatic heterocycles. The molecular formula is C12H22N2O3S. The van der Waals surface area contributed by atoms with Crippen LogP contribution in [0.2, 0.25) is 0 Å². The first-order valence-electron chi connectivity index (χ1n) is 6.50. The van der Waals surface area contributed by atoms with Crippen molar-refractivity contribution in [3.8, 4) is 0 Å². The summed E-state index contributed by atoms with van der Waals surface area (Å²) in [5.41, 5.74) is 1.19. The maximum absolute atomic E-state index is 12.1. The topological polar surface area (TPSA) is 58.6 Å². The normalized spacial score (nSPS) is 21.9. The summed E-state index contributed by atoms with van der Waals surface area (Å²) in [6, 6.07) is 0.565. The van der Waals surface area contributed by atoms with Crippen LogP contribution in [0.4, 0.5) is 0 Å². The SMILES string of the molecule is COCC1=CCN(S(=O)(=O)CCNC2CC2)CC1. The minimum Gasteiger partial charge on any atom is -0.380 e. The summed E-state index contributed by atoms with van der Waals surface area (Å²) in [5, 5.41) is 3.24. The van der Waals surface area contributed by atoms with Gasteiger partial charge in [0.2, 0.25) is 10.0 Å². The van der Waals surface area contributed by atoms with E-state index in [-0.39, 0.29) is 5.75 Å². The van der Waals surface area contributed by atoms with E-state index in [0.29, 0.717) is 32.3 Å². The molecule has 1 aliphatic carbocycles. The van der Waals surface area contributed by atoms with Crippen LogP contribution in [0.1, 0.15) is 19.3 Å². The van der Waals surface area contributed by atoms with Crippen molar-refractivity contribution >= 4 is 10.0 Å². The molecule has 0 aromatic heterocycles. The average molecular weight is 274 g/mol. The summed E-state index contributed by atoms with van der Waals surface area (Å²) in [6.45, 7) is 2.25. The van der Waals surface area contributed by atoms with Crippen molar-refractivity contribution in [2.45, 2.75) is 25.3 Å². The van der Waals surface area contributed by atoms with Crippen molar-refractivity contribution in [1.29, 1.82) is 0 Å². The summed E-state index contributed by atoms with van der Waals surface area (Å²) in [5.74, 6) is 0.205. The zero-order chi connectivity index (χ0) is 13.0. The third-order valence-electron chi connectivity index (χ3n) is 3.36. The second kappa shape index (κ2) is 6.14. The highest BCUT2D eigenvalue weighted by atomic mass is 32.2. The van der Waals surface area contributed by atoms with Crippen LogP contribution >= 0.6 is 0 Å². The molecule has 1 heterocycles. The van der Waals surface area contributed by atoms with Crippen LogP contribution in [0.3, 0.4) is 0 Å². The molecule has 0 aromatic rings. The van der Waals surface area contributed by atoms with Gasteiger partial charge in [-0.05, 0) is 24.8 Å². The number of sulfonamides is 1. The van der Waals surface area contributed by atoms with Gasteiger partial charge in [-0.25, -0.2) is 8.42 Å². The minimum atomic E-state index is -3.10. The third-order valence-corrected chi connectivity index (χ3v) is 5.20. The number of rotatable bonds is 7. The maximum atomic E-state index is 12.1. The van der Waals surface area contributed by atoms with Crippen molar-refractivity contribution in [3.05, 3.63) is 11.6 Å². The molecule has 0 aromatic carbocycles. The Kier molecular flexibility index (Phi) is 4.77. The van der Waals surface area contributed by atoms with Crippen LogP contribution in [-0.4, -0.2) is 57.9 Å². The Balaban J connectivity index is 1.79. The van der Waals surface area contributed by atoms with Crippen molar-refractivity contribution in [2.24, 2.45) is 0 Å². The number of nitrogens with zero attached hydrogens (tertiary/aromatic N) is 1. The molecule has 18 heavy (non-hydrogen) atoms. The molecule has 0 unspecified atom stereocenters. The number of ether oxygens (including phenoxy) is 1. The first kappa shape index (κ1) is 14.0. The van der Waals surface area contributed by atoms with Gasteiger partial charge in [-0.15, -0.1) is 0 Å². The fraction of sp³-hybridized carbons (Fsp3) is 0.833. The Morgan fingerprint density at radius 2 is 2.28 bits per heavy atom. The second-order valence-electron chi connectivity index (χ2n) is 4.95. The van der Waals surface area contributed by atoms with E-state index < -0.39 is 10.0 Å². The highest BCUT2D eigenvalue weighted by molar-refractivity contribution is 7.89. The summed E-state index contributed by atoms with van der Waals surface area (Å²) in [7, 11) is -1.44. The van der Waals surface area contributed by atoms with Crippen LogP contribution in [-0.2, 0) is 14.8 Å². The molecule has 6 heteroatoms. The predicted octanol–water partition coefficient (Wildman–Crippen LogP) is 0.347. The monoisotopic (exact) mass is 274 g/mol. The van der Waals surface area contributed by atoms with Crippen LogP contribution in [0.5, 0.6) is 0 Å². The van der Waals surface area contributed by atoms with Crippen LogP contribution in [0, 0.1) is 0 Å². The lowest BCUT2D eigenvalue weighted by Gasteiger charge is -2.25. The highest BCUT2D eigenvalue weighted by Gasteiger charge is 2.25. The van der Waals surface area contributed by atoms with E-state index >= 15 is 0 Å². The van der Waals surface area contributed by atoms with E-state index in [9.17, 15) is 8.42 Å². The summed E-state index contributed by atoms with van der Waals surface area (Å²) < 4.78 is 30.8. The molecule has 1 saturated carbocycles. The summed E-state index contributed by atoms with van der Waals surface area (Å²) in [4.78, 5) is 0. The second-order valence-corrected chi connectivity index (χ2v) is 7.04. The number of hydrogen-bond donors (Lipinski definition) is 1. The molecule has 0 radical (unpaired) electrons. The maximum Gasteiger partial charge on any atom is 0.215 e. The quantitative estimate of drug-likeness (QED) is 0.681. The van der Waals surface area contributed by atoms with Gasteiger partial charge in [0.1, 0.15) is 0 Å². The van der Waals surface area contributed by atoms with Crippen LogP contribution in [0.15, 0.2) is 11.6 Å². The lowest BCUT2D eigenvalue weighted by Crippen LogP contribution is -2.39. The number of methoxy groups -OCH3 is 1. The lowest BCUT2D eigenvalue weighted by atomic mass is 10.1. The van der Waals surface area contributed by atoms with E-state index in [4.69, 9.17) is 4.74 Å². The van der Waals surface area contributed by atoms with Gasteiger partial charge in [0.15, 0.2) is 0 Å². The highest BCUT2D eigenvalue weighted by Crippen LogP contribution is 2.18. The molecule has 104 valence electrons. The first-order chi connectivity index (χ1) is 8.62. The van der Waals surface area contributed by atoms with E-state index in [1.54, 1.807) is 11.4 Å². The molecule has 1 N–H and O–H groups in total. The van der Waals surface area contributed by atoms with Gasteiger partial charge in [0, 0.05) is 32.8 Å². The van der Waals surface area contributed by atoms with Gasteiger partial charge in [-0.3, -0.25) is 0 Å². The summed E-state index contributed by atoms with van der Waals surface area (Å²) in [6.07, 6.45) is 5.13. The molecule has 0 saturated heterocycles. The molecular weight excluding hydrogens is 252 g/mol. The molecule has 0 bridgehead atoms. The van der Waals surface area contributed by atoms with Gasteiger partial charge in [-0.2, -0.15) is 4.31 Å². The Bertz CT molecular complexity index is 402. The van der Waals surface area contributed by atoms with E-state index in [2.05, 4.69) is 5.32 Å². The van der Waals surface area contributed by atoms with Crippen LogP contribution in [0.25, 0.3) is 0 Å². The molecule has 2 aliphatic rings. The average Bonchev–Trinajstić information content (AvgIpc) is 3.14. The van der Waals surface area contributed by atoms with Gasteiger partial charge in [-0.1, -0.05) is 6.08 Å². The zero-order valence-corrected chi connectivity index (χ0v) is 11.7. The number of hydrogen-bond acceptors (Lipinski definition) is 4. The number of nitrogens with one attached hydrogen (secondary N) is 1. The van der Waals surface area contributed by atoms with Gasteiger partial charge in [0.05, 0.1) is 12.4 Å². The Morgan fingerprint density at radius 3 is 2.83 bits per heavy atom. The Hall–Kier alpha value is -0.430. The molecule has 5 nitrogen and oxygen atoms in total. The summed E-state index contributed by atoms with van der Waals surface area (Å²) >= 11 is 0. The van der Waals surface area contributed by atoms with Crippen molar-refractivity contribution in [3.63, 3.8) is 0 Å². The van der Waals surface area contributed by atoms with Crippen molar-refractivity contribution in [1.82, 2.24) is 9.62 Å². The van der Waals surface area contributed by atoms with Gasteiger partial charge >= 0.3 is 0 Å². The smallest absolute Gasteiger partial charge is 0.215 e. The van der Waals surface area contributed by atoms with Gasteiger partial charge < -0.3 is 10.1 Å². The van der Waals surface area contributed by atoms with E-state index in [0.717, 1.165) is 6.42 Å². The fourth-order valence-corrected chi connectivity index (χ4v) is 3.38. The predicted molar refractivity (Wildman–Crippen MR) is 71.0 cm³/mol. The Labute approximate surface area is 109 Å². The molecule has 0 amide bonds. The Morgan fingerprint density at radius 1 is 1.50 bits per heavy atom. The first-order valence-corrected chi connectivity index (χ1v) is 8.11. The zero-order valence-electron chi connectivity index (χ0n) is 10.9. The lowest BCUT2D eigenvalue weighted by molar-refractivity contribution is 0.219. The molecule has 2 rings (SSSR count).